The monoisotopic (exact) mass is 253 g/mol. The highest BCUT2D eigenvalue weighted by Gasteiger charge is 2.22. The number of hydrogen-bond acceptors (Lipinski definition) is 3. The first-order valence-electron chi connectivity index (χ1n) is 6.43. The number of hydrogen-bond donors (Lipinski definition) is 1. The molecule has 1 aliphatic rings. The molecule has 1 heterocycles. The highest BCUT2D eigenvalue weighted by Crippen LogP contribution is 2.16. The van der Waals surface area contributed by atoms with Crippen molar-refractivity contribution in [2.45, 2.75) is 39.2 Å². The minimum atomic E-state index is -0.441. The normalized spacial score (nSPS) is 18.1. The molecule has 5 heteroatoms. The van der Waals surface area contributed by atoms with E-state index in [0.29, 0.717) is 19.1 Å². The SMILES string of the molecule is [C-]#[N+]CN1CCC(CNC(=O)OC(C)(C)C)CC1. The first-order valence-corrected chi connectivity index (χ1v) is 6.43. The quantitative estimate of drug-likeness (QED) is 0.783. The zero-order valence-electron chi connectivity index (χ0n) is 11.5. The van der Waals surface area contributed by atoms with Crippen LogP contribution in [-0.4, -0.2) is 42.9 Å². The Labute approximate surface area is 109 Å². The number of carbonyl (C=O) groups is 1. The summed E-state index contributed by atoms with van der Waals surface area (Å²) in [6, 6.07) is 0. The van der Waals surface area contributed by atoms with Gasteiger partial charge in [0.1, 0.15) is 5.60 Å². The summed E-state index contributed by atoms with van der Waals surface area (Å²) >= 11 is 0. The van der Waals surface area contributed by atoms with Crippen LogP contribution in [0.5, 0.6) is 0 Å². The van der Waals surface area contributed by atoms with Gasteiger partial charge in [0.25, 0.3) is 6.67 Å². The highest BCUT2D eigenvalue weighted by molar-refractivity contribution is 5.67. The van der Waals surface area contributed by atoms with Crippen LogP contribution in [0.25, 0.3) is 4.85 Å². The van der Waals surface area contributed by atoms with Gasteiger partial charge in [0, 0.05) is 19.6 Å². The molecule has 1 fully saturated rings. The van der Waals surface area contributed by atoms with Crippen molar-refractivity contribution in [3.05, 3.63) is 11.4 Å². The number of likely N-dealkylation sites (tertiary alicyclic amines) is 1. The number of ether oxygens (including phenoxy) is 1. The van der Waals surface area contributed by atoms with Crippen molar-refractivity contribution in [2.24, 2.45) is 5.92 Å². The molecular weight excluding hydrogens is 230 g/mol. The molecule has 18 heavy (non-hydrogen) atoms. The molecule has 0 atom stereocenters. The summed E-state index contributed by atoms with van der Waals surface area (Å²) in [4.78, 5) is 17.0. The van der Waals surface area contributed by atoms with Crippen LogP contribution in [0.2, 0.25) is 0 Å². The lowest BCUT2D eigenvalue weighted by Crippen LogP contribution is -2.40. The Kier molecular flexibility index (Phi) is 5.42. The molecule has 0 unspecified atom stereocenters. The second kappa shape index (κ2) is 6.60. The third-order valence-corrected chi connectivity index (χ3v) is 2.91. The Balaban J connectivity index is 2.18. The Morgan fingerprint density at radius 2 is 2.06 bits per heavy atom. The van der Waals surface area contributed by atoms with E-state index in [1.807, 2.05) is 20.8 Å². The van der Waals surface area contributed by atoms with Gasteiger partial charge in [-0.05, 0) is 39.5 Å². The van der Waals surface area contributed by atoms with Gasteiger partial charge in [-0.15, -0.1) is 0 Å². The molecular formula is C13H23N3O2. The van der Waals surface area contributed by atoms with E-state index in [2.05, 4.69) is 15.1 Å². The fourth-order valence-electron chi connectivity index (χ4n) is 1.97. The average molecular weight is 253 g/mol. The minimum Gasteiger partial charge on any atom is -0.444 e. The van der Waals surface area contributed by atoms with Crippen LogP contribution in [0.3, 0.4) is 0 Å². The Morgan fingerprint density at radius 3 is 2.56 bits per heavy atom. The second-order valence-electron chi connectivity index (χ2n) is 5.74. The molecule has 1 rings (SSSR count). The summed E-state index contributed by atoms with van der Waals surface area (Å²) in [7, 11) is 0. The molecule has 102 valence electrons. The standard InChI is InChI=1S/C13H23N3O2/c1-13(2,3)18-12(17)15-9-11-5-7-16(8-6-11)10-14-4/h11H,5-10H2,1-3H3,(H,15,17). The molecule has 0 aromatic heterocycles. The Morgan fingerprint density at radius 1 is 1.44 bits per heavy atom. The van der Waals surface area contributed by atoms with E-state index in [0.717, 1.165) is 25.9 Å². The summed E-state index contributed by atoms with van der Waals surface area (Å²) in [5.74, 6) is 0.500. The zero-order chi connectivity index (χ0) is 13.6. The largest absolute Gasteiger partial charge is 0.444 e. The molecule has 1 amide bonds. The summed E-state index contributed by atoms with van der Waals surface area (Å²) in [5, 5.41) is 2.82. The molecule has 0 aromatic carbocycles. The molecule has 0 spiro atoms. The van der Waals surface area contributed by atoms with Crippen LogP contribution in [-0.2, 0) is 4.74 Å². The van der Waals surface area contributed by atoms with E-state index in [9.17, 15) is 4.79 Å². The van der Waals surface area contributed by atoms with Crippen molar-refractivity contribution in [1.29, 1.82) is 0 Å². The summed E-state index contributed by atoms with van der Waals surface area (Å²) < 4.78 is 5.19. The maximum atomic E-state index is 11.5. The van der Waals surface area contributed by atoms with Crippen molar-refractivity contribution in [2.75, 3.05) is 26.3 Å². The van der Waals surface area contributed by atoms with Crippen LogP contribution in [0, 0.1) is 12.5 Å². The molecule has 0 aliphatic carbocycles. The number of piperidine rings is 1. The first kappa shape index (κ1) is 14.8. The maximum absolute atomic E-state index is 11.5. The van der Waals surface area contributed by atoms with Crippen LogP contribution >= 0.6 is 0 Å². The Bertz CT molecular complexity index is 309. The molecule has 1 N–H and O–H groups in total. The number of rotatable bonds is 3. The predicted molar refractivity (Wildman–Crippen MR) is 70.0 cm³/mol. The predicted octanol–water partition coefficient (Wildman–Crippen LogP) is 2.10. The lowest BCUT2D eigenvalue weighted by Gasteiger charge is -2.29. The van der Waals surface area contributed by atoms with E-state index in [1.165, 1.54) is 0 Å². The van der Waals surface area contributed by atoms with Crippen LogP contribution in [0.4, 0.5) is 4.79 Å². The van der Waals surface area contributed by atoms with Gasteiger partial charge >= 0.3 is 6.09 Å². The summed E-state index contributed by atoms with van der Waals surface area (Å²) in [6.45, 7) is 15.4. The topological polar surface area (TPSA) is 45.9 Å². The number of nitrogens with zero attached hydrogens (tertiary/aromatic N) is 2. The number of carbonyl (C=O) groups excluding carboxylic acids is 1. The van der Waals surface area contributed by atoms with Gasteiger partial charge in [-0.1, -0.05) is 0 Å². The van der Waals surface area contributed by atoms with Crippen molar-refractivity contribution >= 4 is 6.09 Å². The Hall–Kier alpha value is -1.28. The van der Waals surface area contributed by atoms with Crippen molar-refractivity contribution in [3.8, 4) is 0 Å². The van der Waals surface area contributed by atoms with Crippen LogP contribution < -0.4 is 5.32 Å². The first-order chi connectivity index (χ1) is 8.40. The van der Waals surface area contributed by atoms with Gasteiger partial charge < -0.3 is 10.1 Å². The third-order valence-electron chi connectivity index (χ3n) is 2.91. The van der Waals surface area contributed by atoms with Crippen LogP contribution in [0.15, 0.2) is 0 Å². The third kappa shape index (κ3) is 5.87. The number of nitrogens with one attached hydrogen (secondary N) is 1. The molecule has 0 bridgehead atoms. The van der Waals surface area contributed by atoms with Crippen LogP contribution in [0.1, 0.15) is 33.6 Å². The summed E-state index contributed by atoms with van der Waals surface area (Å²) in [5.41, 5.74) is -0.441. The highest BCUT2D eigenvalue weighted by atomic mass is 16.6. The lowest BCUT2D eigenvalue weighted by atomic mass is 9.97. The molecule has 1 aliphatic heterocycles. The smallest absolute Gasteiger partial charge is 0.407 e. The van der Waals surface area contributed by atoms with Gasteiger partial charge in [0.05, 0.1) is 0 Å². The van der Waals surface area contributed by atoms with Crippen molar-refractivity contribution < 1.29 is 9.53 Å². The molecule has 0 saturated carbocycles. The van der Waals surface area contributed by atoms with Gasteiger partial charge in [-0.2, -0.15) is 0 Å². The van der Waals surface area contributed by atoms with Gasteiger partial charge in [0.15, 0.2) is 0 Å². The maximum Gasteiger partial charge on any atom is 0.407 e. The average Bonchev–Trinajstić information content (AvgIpc) is 2.26. The molecule has 0 aromatic rings. The fourth-order valence-corrected chi connectivity index (χ4v) is 1.97. The van der Waals surface area contributed by atoms with Crippen molar-refractivity contribution in [1.82, 2.24) is 10.2 Å². The number of alkyl carbamates (subject to hydrolysis) is 1. The van der Waals surface area contributed by atoms with E-state index >= 15 is 0 Å². The number of amides is 1. The lowest BCUT2D eigenvalue weighted by molar-refractivity contribution is 0.0510. The van der Waals surface area contributed by atoms with E-state index in [4.69, 9.17) is 11.3 Å². The van der Waals surface area contributed by atoms with E-state index in [1.54, 1.807) is 0 Å². The zero-order valence-corrected chi connectivity index (χ0v) is 11.5. The van der Waals surface area contributed by atoms with Crippen molar-refractivity contribution in [3.63, 3.8) is 0 Å². The summed E-state index contributed by atoms with van der Waals surface area (Å²) in [6.07, 6.45) is 1.72. The molecule has 0 radical (unpaired) electrons. The van der Waals surface area contributed by atoms with Gasteiger partial charge in [0.2, 0.25) is 0 Å². The fraction of sp³-hybridized carbons (Fsp3) is 0.846. The van der Waals surface area contributed by atoms with E-state index in [-0.39, 0.29) is 6.09 Å². The molecule has 5 nitrogen and oxygen atoms in total. The molecule has 1 saturated heterocycles. The van der Waals surface area contributed by atoms with E-state index < -0.39 is 5.60 Å². The minimum absolute atomic E-state index is 0.342. The van der Waals surface area contributed by atoms with Gasteiger partial charge in [-0.3, -0.25) is 4.85 Å². The van der Waals surface area contributed by atoms with Gasteiger partial charge in [-0.25, -0.2) is 16.3 Å². The second-order valence-corrected chi connectivity index (χ2v) is 5.74.